The molecule has 1 fully saturated rings. The number of aryl methyl sites for hydroxylation is 1. The van der Waals surface area contributed by atoms with Crippen LogP contribution in [0.2, 0.25) is 5.02 Å². The summed E-state index contributed by atoms with van der Waals surface area (Å²) in [5.74, 6) is 1.26. The van der Waals surface area contributed by atoms with E-state index in [0.717, 1.165) is 41.9 Å². The lowest BCUT2D eigenvalue weighted by Gasteiger charge is -2.17. The van der Waals surface area contributed by atoms with E-state index in [1.807, 2.05) is 47.4 Å². The second kappa shape index (κ2) is 7.12. The minimum absolute atomic E-state index is 0.103. The van der Waals surface area contributed by atoms with E-state index in [-0.39, 0.29) is 11.8 Å². The number of aromatic nitrogens is 2. The number of unbranched alkanes of at least 4 members (excludes halogenated alkanes) is 1. The number of nitrogens with zero attached hydrogens (tertiary/aromatic N) is 3. The van der Waals surface area contributed by atoms with Crippen LogP contribution in [-0.2, 0) is 11.3 Å². The van der Waals surface area contributed by atoms with Crippen LogP contribution in [-0.4, -0.2) is 22.0 Å². The molecule has 1 aromatic heterocycles. The molecule has 5 heteroatoms. The number of benzene rings is 2. The topological polar surface area (TPSA) is 38.1 Å². The van der Waals surface area contributed by atoms with Gasteiger partial charge in [-0.2, -0.15) is 0 Å². The van der Waals surface area contributed by atoms with Crippen LogP contribution in [0.4, 0.5) is 5.69 Å². The van der Waals surface area contributed by atoms with Gasteiger partial charge in [0, 0.05) is 36.1 Å². The molecule has 1 aliphatic heterocycles. The second-order valence-electron chi connectivity index (χ2n) is 6.85. The van der Waals surface area contributed by atoms with Crippen molar-refractivity contribution < 1.29 is 4.79 Å². The van der Waals surface area contributed by atoms with Gasteiger partial charge in [-0.1, -0.05) is 43.1 Å². The maximum Gasteiger partial charge on any atom is 0.227 e. The molecule has 134 valence electrons. The van der Waals surface area contributed by atoms with E-state index in [2.05, 4.69) is 17.6 Å². The van der Waals surface area contributed by atoms with Crippen molar-refractivity contribution in [2.45, 2.75) is 38.6 Å². The van der Waals surface area contributed by atoms with Gasteiger partial charge in [0.15, 0.2) is 0 Å². The molecule has 4 nitrogen and oxygen atoms in total. The third-order valence-corrected chi connectivity index (χ3v) is 5.26. The minimum atomic E-state index is 0.103. The molecule has 2 aromatic carbocycles. The third-order valence-electron chi connectivity index (χ3n) is 5.03. The summed E-state index contributed by atoms with van der Waals surface area (Å²) in [6, 6.07) is 15.7. The van der Waals surface area contributed by atoms with Crippen molar-refractivity contribution in [1.82, 2.24) is 9.55 Å². The maximum absolute atomic E-state index is 12.7. The van der Waals surface area contributed by atoms with Crippen molar-refractivity contribution in [3.05, 3.63) is 59.4 Å². The van der Waals surface area contributed by atoms with Crippen LogP contribution in [0.3, 0.4) is 0 Å². The Hall–Kier alpha value is -2.33. The molecule has 1 aliphatic rings. The monoisotopic (exact) mass is 367 g/mol. The summed E-state index contributed by atoms with van der Waals surface area (Å²) in [7, 11) is 0. The van der Waals surface area contributed by atoms with Gasteiger partial charge in [-0.3, -0.25) is 4.79 Å². The van der Waals surface area contributed by atoms with E-state index in [1.165, 1.54) is 0 Å². The number of anilines is 1. The lowest BCUT2D eigenvalue weighted by Crippen LogP contribution is -2.24. The van der Waals surface area contributed by atoms with Gasteiger partial charge in [-0.15, -0.1) is 0 Å². The Kier molecular flexibility index (Phi) is 4.68. The van der Waals surface area contributed by atoms with Gasteiger partial charge in [0.25, 0.3) is 0 Å². The van der Waals surface area contributed by atoms with E-state index in [4.69, 9.17) is 16.6 Å². The molecule has 3 aromatic rings. The van der Waals surface area contributed by atoms with E-state index < -0.39 is 0 Å². The number of carbonyl (C=O) groups excluding carboxylic acids is 1. The number of fused-ring (bicyclic) bond motifs is 1. The highest BCUT2D eigenvalue weighted by Crippen LogP contribution is 2.34. The van der Waals surface area contributed by atoms with E-state index in [1.54, 1.807) is 0 Å². The molecule has 1 amide bonds. The zero-order valence-corrected chi connectivity index (χ0v) is 15.6. The van der Waals surface area contributed by atoms with Gasteiger partial charge in [-0.25, -0.2) is 4.98 Å². The number of imidazole rings is 1. The number of halogens is 1. The van der Waals surface area contributed by atoms with Crippen molar-refractivity contribution in [2.75, 3.05) is 11.4 Å². The summed E-state index contributed by atoms with van der Waals surface area (Å²) in [4.78, 5) is 19.4. The number of carbonyl (C=O) groups is 1. The molecular formula is C21H22ClN3O. The smallest absolute Gasteiger partial charge is 0.227 e. The first-order chi connectivity index (χ1) is 12.7. The molecule has 0 unspecified atom stereocenters. The lowest BCUT2D eigenvalue weighted by molar-refractivity contribution is -0.117. The quantitative estimate of drug-likeness (QED) is 0.635. The summed E-state index contributed by atoms with van der Waals surface area (Å²) in [6.45, 7) is 3.78. The predicted molar refractivity (Wildman–Crippen MR) is 106 cm³/mol. The third kappa shape index (κ3) is 3.10. The Labute approximate surface area is 158 Å². The molecule has 0 N–H and O–H groups in total. The summed E-state index contributed by atoms with van der Waals surface area (Å²) >= 11 is 6.11. The summed E-state index contributed by atoms with van der Waals surface area (Å²) in [6.07, 6.45) is 2.72. The Bertz CT molecular complexity index is 949. The van der Waals surface area contributed by atoms with E-state index in [9.17, 15) is 4.79 Å². The Morgan fingerprint density at radius 1 is 1.19 bits per heavy atom. The molecule has 2 heterocycles. The van der Waals surface area contributed by atoms with Crippen molar-refractivity contribution in [3.63, 3.8) is 0 Å². The first-order valence-corrected chi connectivity index (χ1v) is 9.56. The van der Waals surface area contributed by atoms with Crippen LogP contribution in [0, 0.1) is 0 Å². The van der Waals surface area contributed by atoms with E-state index in [0.29, 0.717) is 18.0 Å². The molecule has 1 saturated heterocycles. The average Bonchev–Trinajstić information content (AvgIpc) is 3.20. The van der Waals surface area contributed by atoms with Gasteiger partial charge >= 0.3 is 0 Å². The summed E-state index contributed by atoms with van der Waals surface area (Å²) in [5.41, 5.74) is 3.03. The molecule has 0 bridgehead atoms. The van der Waals surface area contributed by atoms with Crippen LogP contribution >= 0.6 is 11.6 Å². The largest absolute Gasteiger partial charge is 0.328 e. The number of rotatable bonds is 5. The molecule has 1 atom stereocenters. The van der Waals surface area contributed by atoms with Crippen LogP contribution in [0.5, 0.6) is 0 Å². The van der Waals surface area contributed by atoms with Crippen molar-refractivity contribution in [1.29, 1.82) is 0 Å². The van der Waals surface area contributed by atoms with Gasteiger partial charge in [0.05, 0.1) is 11.0 Å². The predicted octanol–water partition coefficient (Wildman–Crippen LogP) is 5.01. The molecular weight excluding hydrogens is 346 g/mol. The van der Waals surface area contributed by atoms with Crippen LogP contribution in [0.1, 0.15) is 37.9 Å². The fraction of sp³-hybridized carbons (Fsp3) is 0.333. The number of amides is 1. The summed E-state index contributed by atoms with van der Waals surface area (Å²) in [5, 5.41) is 0.647. The fourth-order valence-corrected chi connectivity index (χ4v) is 3.92. The number of hydrogen-bond donors (Lipinski definition) is 0. The molecule has 0 radical (unpaired) electrons. The van der Waals surface area contributed by atoms with Crippen LogP contribution < -0.4 is 4.90 Å². The summed E-state index contributed by atoms with van der Waals surface area (Å²) < 4.78 is 2.30. The Balaban J connectivity index is 1.68. The maximum atomic E-state index is 12.7. The standard InChI is InChI=1S/C21H22ClN3O/c1-2-3-11-24-19-10-5-4-9-18(19)23-21(24)15-12-20(26)25(14-15)17-8-6-7-16(22)13-17/h4-10,13,15H,2-3,11-12,14H2,1H3/t15-/m1/s1. The minimum Gasteiger partial charge on any atom is -0.328 e. The molecule has 26 heavy (non-hydrogen) atoms. The number of hydrogen-bond acceptors (Lipinski definition) is 2. The average molecular weight is 368 g/mol. The molecule has 4 rings (SSSR count). The number of para-hydroxylation sites is 2. The first kappa shape index (κ1) is 17.1. The van der Waals surface area contributed by atoms with Gasteiger partial charge in [-0.05, 0) is 36.8 Å². The normalized spacial score (nSPS) is 17.4. The molecule has 0 aliphatic carbocycles. The highest BCUT2D eigenvalue weighted by atomic mass is 35.5. The lowest BCUT2D eigenvalue weighted by atomic mass is 10.1. The van der Waals surface area contributed by atoms with Gasteiger partial charge < -0.3 is 9.47 Å². The van der Waals surface area contributed by atoms with E-state index >= 15 is 0 Å². The van der Waals surface area contributed by atoms with Crippen molar-refractivity contribution >= 4 is 34.2 Å². The highest BCUT2D eigenvalue weighted by molar-refractivity contribution is 6.30. The Morgan fingerprint density at radius 2 is 2.04 bits per heavy atom. The van der Waals surface area contributed by atoms with Crippen LogP contribution in [0.25, 0.3) is 11.0 Å². The van der Waals surface area contributed by atoms with Crippen molar-refractivity contribution in [2.24, 2.45) is 0 Å². The zero-order valence-electron chi connectivity index (χ0n) is 14.9. The molecule has 0 saturated carbocycles. The van der Waals surface area contributed by atoms with Gasteiger partial charge in [0.2, 0.25) is 5.91 Å². The van der Waals surface area contributed by atoms with Crippen LogP contribution in [0.15, 0.2) is 48.5 Å². The Morgan fingerprint density at radius 3 is 2.85 bits per heavy atom. The van der Waals surface area contributed by atoms with Crippen molar-refractivity contribution in [3.8, 4) is 0 Å². The zero-order chi connectivity index (χ0) is 18.1. The second-order valence-corrected chi connectivity index (χ2v) is 7.29. The molecule has 0 spiro atoms. The highest BCUT2D eigenvalue weighted by Gasteiger charge is 2.34. The fourth-order valence-electron chi connectivity index (χ4n) is 3.73. The first-order valence-electron chi connectivity index (χ1n) is 9.18. The SMILES string of the molecule is CCCCn1c([C@@H]2CC(=O)N(c3cccc(Cl)c3)C2)nc2ccccc21. The van der Waals surface area contributed by atoms with Gasteiger partial charge in [0.1, 0.15) is 5.82 Å².